The zero-order valence-electron chi connectivity index (χ0n) is 18.5. The van der Waals surface area contributed by atoms with Gasteiger partial charge < -0.3 is 18.6 Å². The second-order valence-corrected chi connectivity index (χ2v) is 7.19. The van der Waals surface area contributed by atoms with Crippen LogP contribution in [-0.4, -0.2) is 24.7 Å². The van der Waals surface area contributed by atoms with Crippen LogP contribution in [0, 0.1) is 6.92 Å². The van der Waals surface area contributed by atoms with Gasteiger partial charge in [-0.1, -0.05) is 12.1 Å². The predicted octanol–water partition coefficient (Wildman–Crippen LogP) is 5.75. The number of ether oxygens (including phenoxy) is 3. The van der Waals surface area contributed by atoms with Crippen LogP contribution >= 0.6 is 0 Å². The molecule has 0 saturated heterocycles. The highest BCUT2D eigenvalue weighted by molar-refractivity contribution is 5.69. The fraction of sp³-hybridized carbons (Fsp3) is 0.333. The summed E-state index contributed by atoms with van der Waals surface area (Å²) in [5, 5.41) is 0. The zero-order chi connectivity index (χ0) is 24.0. The number of esters is 1. The smallest absolute Gasteiger partial charge is 0.416 e. The van der Waals surface area contributed by atoms with Crippen LogP contribution in [-0.2, 0) is 28.7 Å². The summed E-state index contributed by atoms with van der Waals surface area (Å²) in [6, 6.07) is 10.1. The zero-order valence-corrected chi connectivity index (χ0v) is 18.5. The Morgan fingerprint density at radius 1 is 1.12 bits per heavy atom. The van der Waals surface area contributed by atoms with Gasteiger partial charge in [-0.3, -0.25) is 4.79 Å². The SMILES string of the molecule is CCOC(=O)CCc1ccc(OCc2oc(-c3cccc(C(F)(F)F)c3)nc2C)c(OC)c1. The first-order chi connectivity index (χ1) is 15.7. The number of hydrogen-bond acceptors (Lipinski definition) is 6. The number of aromatic nitrogens is 1. The highest BCUT2D eigenvalue weighted by Crippen LogP contribution is 2.33. The van der Waals surface area contributed by atoms with E-state index in [2.05, 4.69) is 4.98 Å². The molecule has 0 aliphatic carbocycles. The normalized spacial score (nSPS) is 11.3. The minimum absolute atomic E-state index is 0.0102. The van der Waals surface area contributed by atoms with Gasteiger partial charge in [-0.25, -0.2) is 4.98 Å². The first kappa shape index (κ1) is 24.2. The molecule has 33 heavy (non-hydrogen) atoms. The van der Waals surface area contributed by atoms with Gasteiger partial charge in [0.15, 0.2) is 17.3 Å². The molecule has 3 rings (SSSR count). The van der Waals surface area contributed by atoms with Gasteiger partial charge >= 0.3 is 12.1 Å². The number of carbonyl (C=O) groups is 1. The molecule has 3 aromatic rings. The molecule has 6 nitrogen and oxygen atoms in total. The molecule has 0 aliphatic heterocycles. The van der Waals surface area contributed by atoms with E-state index < -0.39 is 11.7 Å². The van der Waals surface area contributed by atoms with Crippen LogP contribution < -0.4 is 9.47 Å². The van der Waals surface area contributed by atoms with E-state index >= 15 is 0 Å². The van der Waals surface area contributed by atoms with Gasteiger partial charge in [-0.2, -0.15) is 13.2 Å². The van der Waals surface area contributed by atoms with Crippen molar-refractivity contribution < 1.29 is 36.6 Å². The summed E-state index contributed by atoms with van der Waals surface area (Å²) in [6.45, 7) is 3.79. The summed E-state index contributed by atoms with van der Waals surface area (Å²) in [7, 11) is 1.50. The average molecular weight is 463 g/mol. The molecule has 0 amide bonds. The Kier molecular flexibility index (Phi) is 7.63. The quantitative estimate of drug-likeness (QED) is 0.376. The maximum absolute atomic E-state index is 13.0. The van der Waals surface area contributed by atoms with Crippen molar-refractivity contribution in [1.29, 1.82) is 0 Å². The van der Waals surface area contributed by atoms with E-state index in [1.807, 2.05) is 6.07 Å². The van der Waals surface area contributed by atoms with Crippen molar-refractivity contribution >= 4 is 5.97 Å². The molecule has 0 unspecified atom stereocenters. The third kappa shape index (κ3) is 6.27. The monoisotopic (exact) mass is 463 g/mol. The highest BCUT2D eigenvalue weighted by Gasteiger charge is 2.31. The van der Waals surface area contributed by atoms with Crippen LogP contribution in [0.4, 0.5) is 13.2 Å². The predicted molar refractivity (Wildman–Crippen MR) is 114 cm³/mol. The molecule has 0 fully saturated rings. The molecule has 0 saturated carbocycles. The van der Waals surface area contributed by atoms with Crippen molar-refractivity contribution in [3.63, 3.8) is 0 Å². The second kappa shape index (κ2) is 10.4. The Morgan fingerprint density at radius 3 is 2.61 bits per heavy atom. The number of nitrogens with zero attached hydrogens (tertiary/aromatic N) is 1. The van der Waals surface area contributed by atoms with Gasteiger partial charge in [0.2, 0.25) is 5.89 Å². The highest BCUT2D eigenvalue weighted by atomic mass is 19.4. The standard InChI is InChI=1S/C24H24F3NO5/c1-4-31-22(29)11-9-16-8-10-19(20(12-16)30-3)32-14-21-15(2)28-23(33-21)17-6-5-7-18(13-17)24(25,26)27/h5-8,10,12-13H,4,9,11,14H2,1-3H3. The lowest BCUT2D eigenvalue weighted by Gasteiger charge is -2.11. The third-order valence-electron chi connectivity index (χ3n) is 4.84. The van der Waals surface area contributed by atoms with Gasteiger partial charge in [-0.05, 0) is 56.2 Å². The number of oxazole rings is 1. The number of carbonyl (C=O) groups excluding carboxylic acids is 1. The van der Waals surface area contributed by atoms with Crippen molar-refractivity contribution in [3.05, 3.63) is 65.0 Å². The van der Waals surface area contributed by atoms with Crippen molar-refractivity contribution in [1.82, 2.24) is 4.98 Å². The lowest BCUT2D eigenvalue weighted by molar-refractivity contribution is -0.143. The fourth-order valence-corrected chi connectivity index (χ4v) is 3.12. The number of alkyl halides is 3. The van der Waals surface area contributed by atoms with E-state index in [0.717, 1.165) is 17.7 Å². The average Bonchev–Trinajstić information content (AvgIpc) is 3.16. The summed E-state index contributed by atoms with van der Waals surface area (Å²) in [5.41, 5.74) is 0.839. The van der Waals surface area contributed by atoms with Gasteiger partial charge in [0, 0.05) is 12.0 Å². The minimum atomic E-state index is -4.46. The van der Waals surface area contributed by atoms with Crippen molar-refractivity contribution in [2.24, 2.45) is 0 Å². The number of rotatable bonds is 9. The Labute approximate surface area is 189 Å². The van der Waals surface area contributed by atoms with Gasteiger partial charge in [-0.15, -0.1) is 0 Å². The molecule has 0 N–H and O–H groups in total. The van der Waals surface area contributed by atoms with Crippen molar-refractivity contribution in [3.8, 4) is 23.0 Å². The molecule has 0 aliphatic rings. The molecule has 0 bridgehead atoms. The maximum Gasteiger partial charge on any atom is 0.416 e. The fourth-order valence-electron chi connectivity index (χ4n) is 3.12. The maximum atomic E-state index is 13.0. The number of benzene rings is 2. The van der Waals surface area contributed by atoms with Gasteiger partial charge in [0.1, 0.15) is 6.61 Å². The lowest BCUT2D eigenvalue weighted by atomic mass is 10.1. The van der Waals surface area contributed by atoms with Crippen molar-refractivity contribution in [2.45, 2.75) is 39.5 Å². The minimum Gasteiger partial charge on any atom is -0.493 e. The molecule has 0 radical (unpaired) electrons. The van der Waals surface area contributed by atoms with E-state index in [-0.39, 0.29) is 30.5 Å². The summed E-state index contributed by atoms with van der Waals surface area (Å²) >= 11 is 0. The Bertz CT molecular complexity index is 1110. The number of aryl methyl sites for hydroxylation is 2. The van der Waals surface area contributed by atoms with E-state index in [1.54, 1.807) is 26.0 Å². The Balaban J connectivity index is 1.70. The van der Waals surface area contributed by atoms with E-state index in [9.17, 15) is 18.0 Å². The first-order valence-corrected chi connectivity index (χ1v) is 10.3. The van der Waals surface area contributed by atoms with Gasteiger partial charge in [0.05, 0.1) is 25.0 Å². The number of methoxy groups -OCH3 is 1. The second-order valence-electron chi connectivity index (χ2n) is 7.19. The molecule has 0 atom stereocenters. The molecule has 1 heterocycles. The molecule has 176 valence electrons. The summed E-state index contributed by atoms with van der Waals surface area (Å²) < 4.78 is 60.8. The Morgan fingerprint density at radius 2 is 1.91 bits per heavy atom. The van der Waals surface area contributed by atoms with Crippen LogP contribution in [0.2, 0.25) is 0 Å². The molecular formula is C24H24F3NO5. The van der Waals surface area contributed by atoms with Crippen LogP contribution in [0.15, 0.2) is 46.9 Å². The molecule has 1 aromatic heterocycles. The number of halogens is 3. The van der Waals surface area contributed by atoms with Gasteiger partial charge in [0.25, 0.3) is 0 Å². The molecule has 0 spiro atoms. The van der Waals surface area contributed by atoms with E-state index in [4.69, 9.17) is 18.6 Å². The Hall–Kier alpha value is -3.49. The third-order valence-corrected chi connectivity index (χ3v) is 4.84. The van der Waals surface area contributed by atoms with Crippen LogP contribution in [0.1, 0.15) is 35.9 Å². The van der Waals surface area contributed by atoms with E-state index in [1.165, 1.54) is 19.2 Å². The summed E-state index contributed by atoms with van der Waals surface area (Å²) in [5.74, 6) is 1.13. The largest absolute Gasteiger partial charge is 0.493 e. The summed E-state index contributed by atoms with van der Waals surface area (Å²) in [4.78, 5) is 15.8. The molecule has 2 aromatic carbocycles. The van der Waals surface area contributed by atoms with Crippen LogP contribution in [0.25, 0.3) is 11.5 Å². The van der Waals surface area contributed by atoms with E-state index in [0.29, 0.717) is 36.0 Å². The lowest BCUT2D eigenvalue weighted by Crippen LogP contribution is -2.05. The molecular weight excluding hydrogens is 439 g/mol. The topological polar surface area (TPSA) is 70.8 Å². The van der Waals surface area contributed by atoms with Crippen LogP contribution in [0.3, 0.4) is 0 Å². The van der Waals surface area contributed by atoms with Crippen molar-refractivity contribution in [2.75, 3.05) is 13.7 Å². The first-order valence-electron chi connectivity index (χ1n) is 10.3. The van der Waals surface area contributed by atoms with Crippen LogP contribution in [0.5, 0.6) is 11.5 Å². The molecule has 9 heteroatoms. The summed E-state index contributed by atoms with van der Waals surface area (Å²) in [6.07, 6.45) is -3.70. The number of hydrogen-bond donors (Lipinski definition) is 0.